The zero-order valence-electron chi connectivity index (χ0n) is 20.4. The van der Waals surface area contributed by atoms with Crippen LogP contribution in [0, 0.1) is 0 Å². The van der Waals surface area contributed by atoms with Crippen LogP contribution in [0.25, 0.3) is 0 Å². The zero-order valence-corrected chi connectivity index (χ0v) is 22.0. The molecule has 196 valence electrons. The molecule has 0 fully saturated rings. The van der Waals surface area contributed by atoms with Gasteiger partial charge in [0, 0.05) is 15.5 Å². The van der Waals surface area contributed by atoms with Crippen molar-refractivity contribution in [2.45, 2.75) is 37.3 Å². The van der Waals surface area contributed by atoms with E-state index < -0.39 is 30.2 Å². The summed E-state index contributed by atoms with van der Waals surface area (Å²) in [7, 11) is 0. The third-order valence-corrected chi connectivity index (χ3v) is 6.98. The van der Waals surface area contributed by atoms with E-state index in [-0.39, 0.29) is 23.7 Å². The number of thioether (sulfide) groups is 1. The van der Waals surface area contributed by atoms with Gasteiger partial charge in [0.2, 0.25) is 0 Å². The van der Waals surface area contributed by atoms with E-state index in [1.54, 1.807) is 55.5 Å². The van der Waals surface area contributed by atoms with Crippen molar-refractivity contribution in [3.63, 3.8) is 0 Å². The summed E-state index contributed by atoms with van der Waals surface area (Å²) in [4.78, 5) is 38.9. The molecule has 3 aromatic rings. The molecule has 0 saturated heterocycles. The van der Waals surface area contributed by atoms with E-state index in [0.717, 1.165) is 4.88 Å². The molecule has 0 spiro atoms. The average molecular weight is 549 g/mol. The monoisotopic (exact) mass is 548 g/mol. The fraction of sp³-hybridized carbons (Fsp3) is 0.269. The van der Waals surface area contributed by atoms with Gasteiger partial charge in [0.15, 0.2) is 6.61 Å². The van der Waals surface area contributed by atoms with E-state index in [1.807, 2.05) is 13.8 Å². The maximum absolute atomic E-state index is 12.7. The summed E-state index contributed by atoms with van der Waals surface area (Å²) in [6.45, 7) is 5.26. The predicted molar refractivity (Wildman–Crippen MR) is 141 cm³/mol. The zero-order chi connectivity index (χ0) is 26.9. The lowest BCUT2D eigenvalue weighted by Gasteiger charge is -2.12. The highest BCUT2D eigenvalue weighted by Crippen LogP contribution is 2.33. The van der Waals surface area contributed by atoms with E-state index in [2.05, 4.69) is 10.6 Å². The summed E-state index contributed by atoms with van der Waals surface area (Å²) in [5.74, 6) is -4.25. The van der Waals surface area contributed by atoms with E-state index in [0.29, 0.717) is 33.0 Å². The topological polar surface area (TPSA) is 93.7 Å². The van der Waals surface area contributed by atoms with E-state index in [1.165, 1.54) is 17.4 Å². The highest BCUT2D eigenvalue weighted by Gasteiger charge is 2.21. The van der Waals surface area contributed by atoms with Crippen LogP contribution in [0.2, 0.25) is 0 Å². The lowest BCUT2D eigenvalue weighted by molar-refractivity contribution is -0.119. The Balaban J connectivity index is 1.65. The molecular formula is C26H26F2N2O5S2. The minimum absolute atomic E-state index is 0.143. The summed E-state index contributed by atoms with van der Waals surface area (Å²) in [6, 6.07) is 14.6. The molecule has 7 nitrogen and oxygen atoms in total. The molecule has 0 aliphatic carbocycles. The average Bonchev–Trinajstić information content (AvgIpc) is 3.28. The quantitative estimate of drug-likeness (QED) is 0.199. The molecule has 0 saturated carbocycles. The summed E-state index contributed by atoms with van der Waals surface area (Å²) in [5, 5.41) is 6.03. The van der Waals surface area contributed by atoms with Gasteiger partial charge in [0.1, 0.15) is 5.00 Å². The molecule has 0 bridgehead atoms. The van der Waals surface area contributed by atoms with Gasteiger partial charge < -0.3 is 20.1 Å². The fourth-order valence-corrected chi connectivity index (χ4v) is 4.73. The van der Waals surface area contributed by atoms with Gasteiger partial charge in [0.25, 0.3) is 11.7 Å². The number of alkyl halides is 2. The van der Waals surface area contributed by atoms with Gasteiger partial charge in [-0.05, 0) is 55.3 Å². The molecule has 11 heteroatoms. The second kappa shape index (κ2) is 13.2. The third kappa shape index (κ3) is 8.02. The Hall–Kier alpha value is -3.44. The lowest BCUT2D eigenvalue weighted by Crippen LogP contribution is -2.22. The number of carbonyl (C=O) groups is 3. The number of esters is 2. The number of ether oxygens (including phenoxy) is 2. The maximum atomic E-state index is 12.7. The number of anilines is 3. The van der Waals surface area contributed by atoms with Crippen LogP contribution in [0.15, 0.2) is 59.5 Å². The third-order valence-electron chi connectivity index (χ3n) is 4.91. The largest absolute Gasteiger partial charge is 0.462 e. The number of hydrogen-bond donors (Lipinski definition) is 2. The van der Waals surface area contributed by atoms with E-state index in [9.17, 15) is 23.2 Å². The second-order valence-electron chi connectivity index (χ2n) is 7.96. The van der Waals surface area contributed by atoms with Crippen molar-refractivity contribution in [1.82, 2.24) is 0 Å². The van der Waals surface area contributed by atoms with Crippen molar-refractivity contribution in [1.29, 1.82) is 0 Å². The number of halogens is 2. The van der Waals surface area contributed by atoms with Crippen LogP contribution in [-0.2, 0) is 14.3 Å². The van der Waals surface area contributed by atoms with Gasteiger partial charge in [-0.1, -0.05) is 37.7 Å². The van der Waals surface area contributed by atoms with Gasteiger partial charge in [-0.25, -0.2) is 9.59 Å². The van der Waals surface area contributed by atoms with Crippen molar-refractivity contribution in [3.8, 4) is 0 Å². The number of amides is 1. The van der Waals surface area contributed by atoms with Gasteiger partial charge >= 0.3 is 11.9 Å². The molecule has 0 radical (unpaired) electrons. The Labute approximate surface area is 221 Å². The van der Waals surface area contributed by atoms with Gasteiger partial charge in [-0.2, -0.15) is 8.78 Å². The molecule has 2 N–H and O–H groups in total. The van der Waals surface area contributed by atoms with E-state index in [4.69, 9.17) is 9.47 Å². The highest BCUT2D eigenvalue weighted by molar-refractivity contribution is 7.99. The van der Waals surface area contributed by atoms with Crippen molar-refractivity contribution in [2.75, 3.05) is 23.8 Å². The molecule has 0 unspecified atom stereocenters. The number of benzene rings is 2. The molecule has 3 rings (SSSR count). The van der Waals surface area contributed by atoms with Gasteiger partial charge in [-0.15, -0.1) is 11.3 Å². The summed E-state index contributed by atoms with van der Waals surface area (Å²) >= 11 is 1.70. The SMILES string of the molecule is CCOC(=O)c1cc(C(C)C)sc1NC(=O)COC(=O)c1ccccc1Nc1ccc(SC(F)F)cc1. The molecule has 0 aliphatic heterocycles. The number of thiophene rings is 1. The molecule has 1 aromatic heterocycles. The molecule has 2 aromatic carbocycles. The lowest BCUT2D eigenvalue weighted by atomic mass is 10.1. The Morgan fingerprint density at radius 2 is 1.65 bits per heavy atom. The number of nitrogens with one attached hydrogen (secondary N) is 2. The number of hydrogen-bond acceptors (Lipinski definition) is 8. The number of para-hydroxylation sites is 1. The normalized spacial score (nSPS) is 10.9. The first kappa shape index (κ1) is 28.1. The highest BCUT2D eigenvalue weighted by atomic mass is 32.2. The first-order valence-corrected chi connectivity index (χ1v) is 13.1. The number of carbonyl (C=O) groups excluding carboxylic acids is 3. The Bertz CT molecular complexity index is 1250. The van der Waals surface area contributed by atoms with Crippen molar-refractivity contribution >= 4 is 57.3 Å². The smallest absolute Gasteiger partial charge is 0.341 e. The van der Waals surface area contributed by atoms with Crippen LogP contribution in [0.3, 0.4) is 0 Å². The summed E-state index contributed by atoms with van der Waals surface area (Å²) in [6.07, 6.45) is 0. The first-order chi connectivity index (χ1) is 17.7. The van der Waals surface area contributed by atoms with Crippen LogP contribution in [-0.4, -0.2) is 36.8 Å². The minimum atomic E-state index is -2.51. The Morgan fingerprint density at radius 1 is 0.973 bits per heavy atom. The predicted octanol–water partition coefficient (Wildman–Crippen LogP) is 6.90. The van der Waals surface area contributed by atoms with E-state index >= 15 is 0 Å². The number of rotatable bonds is 11. The van der Waals surface area contributed by atoms with Crippen molar-refractivity contribution < 1.29 is 32.6 Å². The van der Waals surface area contributed by atoms with Gasteiger partial charge in [-0.3, -0.25) is 4.79 Å². The second-order valence-corrected chi connectivity index (χ2v) is 10.1. The van der Waals surface area contributed by atoms with Crippen molar-refractivity contribution in [3.05, 3.63) is 70.6 Å². The fourth-order valence-electron chi connectivity index (χ4n) is 3.16. The maximum Gasteiger partial charge on any atom is 0.341 e. The standard InChI is InChI=1S/C26H26F2N2O5S2/c1-4-34-25(33)19-13-21(15(2)3)37-23(19)30-22(31)14-35-24(32)18-7-5-6-8-20(18)29-16-9-11-17(12-10-16)36-26(27)28/h5-13,15,26,29H,4,14H2,1-3H3,(H,30,31). The van der Waals surface area contributed by atoms with Crippen LogP contribution >= 0.6 is 23.1 Å². The minimum Gasteiger partial charge on any atom is -0.462 e. The first-order valence-electron chi connectivity index (χ1n) is 11.4. The molecule has 1 heterocycles. The molecule has 0 aliphatic rings. The van der Waals surface area contributed by atoms with Crippen LogP contribution in [0.5, 0.6) is 0 Å². The van der Waals surface area contributed by atoms with Crippen LogP contribution in [0.4, 0.5) is 25.2 Å². The molecule has 1 amide bonds. The summed E-state index contributed by atoms with van der Waals surface area (Å²) in [5.41, 5.74) is 1.45. The summed E-state index contributed by atoms with van der Waals surface area (Å²) < 4.78 is 35.3. The molecular weight excluding hydrogens is 522 g/mol. The Morgan fingerprint density at radius 3 is 2.30 bits per heavy atom. The van der Waals surface area contributed by atoms with Crippen molar-refractivity contribution in [2.24, 2.45) is 0 Å². The Kier molecular flexibility index (Phi) is 10.0. The van der Waals surface area contributed by atoms with Crippen LogP contribution in [0.1, 0.15) is 52.3 Å². The molecule has 37 heavy (non-hydrogen) atoms. The van der Waals surface area contributed by atoms with Gasteiger partial charge in [0.05, 0.1) is 23.4 Å². The van der Waals surface area contributed by atoms with Crippen LogP contribution < -0.4 is 10.6 Å². The molecule has 0 atom stereocenters.